The van der Waals surface area contributed by atoms with Crippen LogP contribution in [0.2, 0.25) is 0 Å². The summed E-state index contributed by atoms with van der Waals surface area (Å²) < 4.78 is 7.31. The van der Waals surface area contributed by atoms with Gasteiger partial charge in [-0.1, -0.05) is 25.1 Å². The molecule has 1 aliphatic carbocycles. The summed E-state index contributed by atoms with van der Waals surface area (Å²) in [6, 6.07) is 7.83. The Balaban J connectivity index is 2.03. The largest absolute Gasteiger partial charge is 0.469 e. The first-order valence-corrected chi connectivity index (χ1v) is 7.97. The number of carbonyl (C=O) groups is 2. The van der Waals surface area contributed by atoms with E-state index in [4.69, 9.17) is 4.74 Å². The SMILES string of the molecule is COC(=O)[C@@]12CCC(=O)N[C@@H]1c1c(n(C)c3ccccc13)[C@H]2C. The van der Waals surface area contributed by atoms with Gasteiger partial charge in [0.2, 0.25) is 5.91 Å². The standard InChI is InChI=1S/C18H20N2O3/c1-10-15-14(11-6-4-5-7-12(11)20(15)2)16-18(10,17(22)23-3)9-8-13(21)19-16/h4-7,10,16H,8-9H2,1-3H3,(H,19,21)/t10-,16-,18-/m1/s1. The van der Waals surface area contributed by atoms with Crippen LogP contribution in [0.1, 0.15) is 43.0 Å². The van der Waals surface area contributed by atoms with E-state index in [1.807, 2.05) is 19.2 Å². The molecule has 1 saturated heterocycles. The molecule has 0 radical (unpaired) electrons. The Kier molecular flexibility index (Phi) is 2.86. The summed E-state index contributed by atoms with van der Waals surface area (Å²) in [6.45, 7) is 2.08. The monoisotopic (exact) mass is 312 g/mol. The Bertz CT molecular complexity index is 838. The Morgan fingerprint density at radius 2 is 2.13 bits per heavy atom. The van der Waals surface area contributed by atoms with Crippen molar-refractivity contribution in [1.82, 2.24) is 9.88 Å². The summed E-state index contributed by atoms with van der Waals surface area (Å²) in [7, 11) is 3.46. The first-order valence-electron chi connectivity index (χ1n) is 7.97. The summed E-state index contributed by atoms with van der Waals surface area (Å²) >= 11 is 0. The smallest absolute Gasteiger partial charge is 0.314 e. The van der Waals surface area contributed by atoms with Crippen molar-refractivity contribution in [2.24, 2.45) is 12.5 Å². The topological polar surface area (TPSA) is 60.3 Å². The summed E-state index contributed by atoms with van der Waals surface area (Å²) in [5, 5.41) is 4.18. The van der Waals surface area contributed by atoms with E-state index in [0.717, 1.165) is 22.2 Å². The van der Waals surface area contributed by atoms with Crippen LogP contribution in [0.25, 0.3) is 10.9 Å². The van der Waals surface area contributed by atoms with Gasteiger partial charge in [-0.15, -0.1) is 0 Å². The Labute approximate surface area is 134 Å². The molecular weight excluding hydrogens is 292 g/mol. The average molecular weight is 312 g/mol. The zero-order chi connectivity index (χ0) is 16.4. The summed E-state index contributed by atoms with van der Waals surface area (Å²) in [6.07, 6.45) is 0.891. The third-order valence-corrected chi connectivity index (χ3v) is 5.82. The molecule has 2 aromatic rings. The highest BCUT2D eigenvalue weighted by Crippen LogP contribution is 2.60. The summed E-state index contributed by atoms with van der Waals surface area (Å²) in [4.78, 5) is 24.8. The molecule has 1 amide bonds. The van der Waals surface area contributed by atoms with Gasteiger partial charge in [-0.3, -0.25) is 9.59 Å². The van der Waals surface area contributed by atoms with Gasteiger partial charge in [0.25, 0.3) is 0 Å². The number of benzene rings is 1. The predicted octanol–water partition coefficient (Wildman–Crippen LogP) is 2.41. The van der Waals surface area contributed by atoms with Crippen LogP contribution in [-0.4, -0.2) is 23.6 Å². The van der Waals surface area contributed by atoms with Crippen LogP contribution in [0.15, 0.2) is 24.3 Å². The number of methoxy groups -OCH3 is 1. The lowest BCUT2D eigenvalue weighted by Gasteiger charge is -2.40. The maximum atomic E-state index is 12.7. The van der Waals surface area contributed by atoms with Crippen molar-refractivity contribution in [3.63, 3.8) is 0 Å². The number of ether oxygens (including phenoxy) is 1. The molecule has 0 spiro atoms. The molecule has 120 valence electrons. The predicted molar refractivity (Wildman–Crippen MR) is 85.9 cm³/mol. The van der Waals surface area contributed by atoms with Crippen molar-refractivity contribution < 1.29 is 14.3 Å². The zero-order valence-corrected chi connectivity index (χ0v) is 13.6. The lowest BCUT2D eigenvalue weighted by Crippen LogP contribution is -2.50. The number of fused-ring (bicyclic) bond motifs is 5. The van der Waals surface area contributed by atoms with E-state index in [2.05, 4.69) is 28.9 Å². The number of nitrogens with zero attached hydrogens (tertiary/aromatic N) is 1. The van der Waals surface area contributed by atoms with E-state index in [1.165, 1.54) is 7.11 Å². The number of aromatic nitrogens is 1. The van der Waals surface area contributed by atoms with Crippen molar-refractivity contribution in [1.29, 1.82) is 0 Å². The molecule has 23 heavy (non-hydrogen) atoms. The Hall–Kier alpha value is -2.30. The van der Waals surface area contributed by atoms with E-state index >= 15 is 0 Å². The van der Waals surface area contributed by atoms with Crippen LogP contribution in [0.3, 0.4) is 0 Å². The van der Waals surface area contributed by atoms with Crippen LogP contribution in [0, 0.1) is 5.41 Å². The van der Waals surface area contributed by atoms with Crippen LogP contribution >= 0.6 is 0 Å². The number of hydrogen-bond acceptors (Lipinski definition) is 3. The van der Waals surface area contributed by atoms with Gasteiger partial charge in [0, 0.05) is 41.5 Å². The fourth-order valence-electron chi connectivity index (χ4n) is 4.72. The van der Waals surface area contributed by atoms with Gasteiger partial charge in [-0.05, 0) is 12.5 Å². The van der Waals surface area contributed by atoms with Crippen molar-refractivity contribution in [3.8, 4) is 0 Å². The number of piperidine rings is 1. The molecule has 2 aliphatic rings. The van der Waals surface area contributed by atoms with Crippen molar-refractivity contribution in [2.45, 2.75) is 31.7 Å². The molecule has 0 saturated carbocycles. The number of esters is 1. The minimum atomic E-state index is -0.699. The highest BCUT2D eigenvalue weighted by molar-refractivity contribution is 5.94. The molecule has 1 aromatic carbocycles. The molecule has 1 aliphatic heterocycles. The van der Waals surface area contributed by atoms with Crippen molar-refractivity contribution >= 4 is 22.8 Å². The number of aryl methyl sites for hydroxylation is 1. The van der Waals surface area contributed by atoms with Gasteiger partial charge in [0.05, 0.1) is 13.2 Å². The summed E-state index contributed by atoms with van der Waals surface area (Å²) in [5.41, 5.74) is 2.63. The second kappa shape index (κ2) is 4.60. The van der Waals surface area contributed by atoms with Crippen LogP contribution in [-0.2, 0) is 21.4 Å². The first-order chi connectivity index (χ1) is 11.0. The number of amides is 1. The third kappa shape index (κ3) is 1.57. The van der Waals surface area contributed by atoms with Crippen LogP contribution in [0.5, 0.6) is 0 Å². The quantitative estimate of drug-likeness (QED) is 0.823. The van der Waals surface area contributed by atoms with Crippen molar-refractivity contribution in [3.05, 3.63) is 35.5 Å². The van der Waals surface area contributed by atoms with E-state index in [1.54, 1.807) is 0 Å². The van der Waals surface area contributed by atoms with E-state index < -0.39 is 5.41 Å². The number of carbonyl (C=O) groups excluding carboxylic acids is 2. The number of hydrogen-bond donors (Lipinski definition) is 1. The number of rotatable bonds is 1. The van der Waals surface area contributed by atoms with Gasteiger partial charge < -0.3 is 14.6 Å². The highest BCUT2D eigenvalue weighted by atomic mass is 16.5. The minimum absolute atomic E-state index is 0.00233. The average Bonchev–Trinajstić information content (AvgIpc) is 3.00. The molecule has 1 fully saturated rings. The molecule has 0 bridgehead atoms. The maximum absolute atomic E-state index is 12.7. The molecule has 3 atom stereocenters. The molecule has 1 N–H and O–H groups in total. The number of para-hydroxylation sites is 1. The van der Waals surface area contributed by atoms with Crippen molar-refractivity contribution in [2.75, 3.05) is 7.11 Å². The molecule has 2 heterocycles. The summed E-state index contributed by atoms with van der Waals surface area (Å²) in [5.74, 6) is -0.231. The van der Waals surface area contributed by atoms with Gasteiger partial charge in [-0.2, -0.15) is 0 Å². The second-order valence-electron chi connectivity index (χ2n) is 6.63. The van der Waals surface area contributed by atoms with Crippen LogP contribution in [0.4, 0.5) is 0 Å². The second-order valence-corrected chi connectivity index (χ2v) is 6.63. The Morgan fingerprint density at radius 1 is 1.39 bits per heavy atom. The molecule has 1 aromatic heterocycles. The molecular formula is C18H20N2O3. The van der Waals surface area contributed by atoms with Gasteiger partial charge in [0.1, 0.15) is 5.41 Å². The highest BCUT2D eigenvalue weighted by Gasteiger charge is 2.61. The van der Waals surface area contributed by atoms with Gasteiger partial charge in [0.15, 0.2) is 0 Å². The first kappa shape index (κ1) is 14.3. The fourth-order valence-corrected chi connectivity index (χ4v) is 4.72. The van der Waals surface area contributed by atoms with Crippen LogP contribution < -0.4 is 5.32 Å². The molecule has 5 nitrogen and oxygen atoms in total. The van der Waals surface area contributed by atoms with E-state index in [9.17, 15) is 9.59 Å². The van der Waals surface area contributed by atoms with Gasteiger partial charge in [-0.25, -0.2) is 0 Å². The normalized spacial score (nSPS) is 29.1. The Morgan fingerprint density at radius 3 is 2.87 bits per heavy atom. The number of nitrogens with one attached hydrogen (secondary N) is 1. The zero-order valence-electron chi connectivity index (χ0n) is 13.6. The maximum Gasteiger partial charge on any atom is 0.314 e. The lowest BCUT2D eigenvalue weighted by atomic mass is 9.69. The van der Waals surface area contributed by atoms with E-state index in [-0.39, 0.29) is 23.8 Å². The third-order valence-electron chi connectivity index (χ3n) is 5.82. The minimum Gasteiger partial charge on any atom is -0.469 e. The lowest BCUT2D eigenvalue weighted by molar-refractivity contribution is -0.159. The fraction of sp³-hybridized carbons (Fsp3) is 0.444. The molecule has 0 unspecified atom stereocenters. The molecule has 5 heteroatoms. The van der Waals surface area contributed by atoms with E-state index in [0.29, 0.717) is 12.8 Å². The molecule has 4 rings (SSSR count). The van der Waals surface area contributed by atoms with Gasteiger partial charge >= 0.3 is 5.97 Å².